The van der Waals surface area contributed by atoms with Gasteiger partial charge in [0, 0.05) is 18.8 Å². The lowest BCUT2D eigenvalue weighted by molar-refractivity contribution is 0.477. The molecule has 0 amide bonds. The Morgan fingerprint density at radius 2 is 2.39 bits per heavy atom. The van der Waals surface area contributed by atoms with Crippen molar-refractivity contribution >= 4 is 5.65 Å². The standard InChI is InChI=1S/C13H18N4O/c18-13-16-9-2-1-7-12(16)15-17(13)10-4-6-11-5-3-8-14-11/h1-2,7,9,11,14H,3-6,8,10H2. The van der Waals surface area contributed by atoms with E-state index in [0.29, 0.717) is 12.6 Å². The number of pyridine rings is 1. The molecule has 0 saturated carbocycles. The Labute approximate surface area is 105 Å². The Kier molecular flexibility index (Phi) is 3.15. The summed E-state index contributed by atoms with van der Waals surface area (Å²) in [5.41, 5.74) is 0.687. The molecule has 0 bridgehead atoms. The lowest BCUT2D eigenvalue weighted by Crippen LogP contribution is -2.24. The van der Waals surface area contributed by atoms with Crippen LogP contribution in [0.1, 0.15) is 25.7 Å². The highest BCUT2D eigenvalue weighted by atomic mass is 16.2. The van der Waals surface area contributed by atoms with Gasteiger partial charge in [-0.3, -0.25) is 4.40 Å². The topological polar surface area (TPSA) is 51.3 Å². The van der Waals surface area contributed by atoms with Crippen LogP contribution in [0.2, 0.25) is 0 Å². The fourth-order valence-corrected chi connectivity index (χ4v) is 2.60. The molecule has 5 heteroatoms. The Morgan fingerprint density at radius 1 is 1.44 bits per heavy atom. The van der Waals surface area contributed by atoms with Gasteiger partial charge in [-0.1, -0.05) is 6.07 Å². The monoisotopic (exact) mass is 246 g/mol. The van der Waals surface area contributed by atoms with E-state index in [0.717, 1.165) is 25.0 Å². The van der Waals surface area contributed by atoms with Gasteiger partial charge in [0.25, 0.3) is 0 Å². The maximum Gasteiger partial charge on any atom is 0.350 e. The molecule has 5 nitrogen and oxygen atoms in total. The van der Waals surface area contributed by atoms with Crippen LogP contribution in [0.5, 0.6) is 0 Å². The van der Waals surface area contributed by atoms with Crippen LogP contribution in [0.3, 0.4) is 0 Å². The zero-order valence-electron chi connectivity index (χ0n) is 10.4. The molecule has 1 atom stereocenters. The highest BCUT2D eigenvalue weighted by Crippen LogP contribution is 2.10. The molecule has 1 aliphatic heterocycles. The molecule has 0 spiro atoms. The van der Waals surface area contributed by atoms with E-state index in [1.165, 1.54) is 12.8 Å². The highest BCUT2D eigenvalue weighted by Gasteiger charge is 2.13. The first-order valence-corrected chi connectivity index (χ1v) is 6.62. The molecule has 3 rings (SSSR count). The van der Waals surface area contributed by atoms with E-state index in [-0.39, 0.29) is 5.69 Å². The van der Waals surface area contributed by atoms with Crippen LogP contribution in [0.4, 0.5) is 0 Å². The minimum atomic E-state index is -0.0371. The number of fused-ring (bicyclic) bond motifs is 1. The fourth-order valence-electron chi connectivity index (χ4n) is 2.60. The SMILES string of the molecule is O=c1n(CCCC2CCCN2)nc2ccccn12. The van der Waals surface area contributed by atoms with Gasteiger partial charge >= 0.3 is 5.69 Å². The molecule has 3 heterocycles. The molecule has 2 aromatic rings. The van der Waals surface area contributed by atoms with Gasteiger partial charge < -0.3 is 5.32 Å². The van der Waals surface area contributed by atoms with Crippen molar-refractivity contribution in [2.75, 3.05) is 6.54 Å². The predicted octanol–water partition coefficient (Wildman–Crippen LogP) is 1.03. The number of nitrogens with one attached hydrogen (secondary N) is 1. The zero-order valence-corrected chi connectivity index (χ0v) is 10.4. The fraction of sp³-hybridized carbons (Fsp3) is 0.538. The lowest BCUT2D eigenvalue weighted by atomic mass is 10.1. The third-order valence-corrected chi connectivity index (χ3v) is 3.57. The Morgan fingerprint density at radius 3 is 3.17 bits per heavy atom. The first-order chi connectivity index (χ1) is 8.84. The van der Waals surface area contributed by atoms with Crippen LogP contribution < -0.4 is 11.0 Å². The van der Waals surface area contributed by atoms with Gasteiger partial charge in [-0.05, 0) is 44.4 Å². The van der Waals surface area contributed by atoms with Gasteiger partial charge in [0.05, 0.1) is 0 Å². The summed E-state index contributed by atoms with van der Waals surface area (Å²) in [4.78, 5) is 12.0. The molecule has 2 aromatic heterocycles. The van der Waals surface area contributed by atoms with E-state index in [2.05, 4.69) is 10.4 Å². The Balaban J connectivity index is 1.67. The van der Waals surface area contributed by atoms with Crippen LogP contribution in [0.25, 0.3) is 5.65 Å². The van der Waals surface area contributed by atoms with Crippen molar-refractivity contribution in [1.29, 1.82) is 0 Å². The number of nitrogens with zero attached hydrogens (tertiary/aromatic N) is 3. The third-order valence-electron chi connectivity index (χ3n) is 3.57. The molecule has 1 saturated heterocycles. The smallest absolute Gasteiger partial charge is 0.314 e. The van der Waals surface area contributed by atoms with Crippen molar-refractivity contribution in [2.45, 2.75) is 38.3 Å². The van der Waals surface area contributed by atoms with Gasteiger partial charge in [-0.25, -0.2) is 9.48 Å². The summed E-state index contributed by atoms with van der Waals surface area (Å²) >= 11 is 0. The van der Waals surface area contributed by atoms with Crippen LogP contribution >= 0.6 is 0 Å². The second kappa shape index (κ2) is 4.94. The summed E-state index contributed by atoms with van der Waals surface area (Å²) in [5.74, 6) is 0. The second-order valence-corrected chi connectivity index (χ2v) is 4.87. The molecule has 1 unspecified atom stereocenters. The minimum absolute atomic E-state index is 0.0371. The van der Waals surface area contributed by atoms with Gasteiger partial charge in [0.15, 0.2) is 5.65 Å². The van der Waals surface area contributed by atoms with Crippen molar-refractivity contribution in [3.63, 3.8) is 0 Å². The molecule has 0 aliphatic carbocycles. The second-order valence-electron chi connectivity index (χ2n) is 4.87. The molecule has 1 N–H and O–H groups in total. The average molecular weight is 246 g/mol. The van der Waals surface area contributed by atoms with Crippen LogP contribution in [0, 0.1) is 0 Å². The predicted molar refractivity (Wildman–Crippen MR) is 69.7 cm³/mol. The molecule has 0 aromatic carbocycles. The highest BCUT2D eigenvalue weighted by molar-refractivity contribution is 5.35. The maximum atomic E-state index is 12.0. The van der Waals surface area contributed by atoms with E-state index in [1.54, 1.807) is 15.3 Å². The molecule has 18 heavy (non-hydrogen) atoms. The van der Waals surface area contributed by atoms with Crippen molar-refractivity contribution in [3.8, 4) is 0 Å². The van der Waals surface area contributed by atoms with E-state index in [4.69, 9.17) is 0 Å². The number of aryl methyl sites for hydroxylation is 1. The number of rotatable bonds is 4. The maximum absolute atomic E-state index is 12.0. The third kappa shape index (κ3) is 2.18. The van der Waals surface area contributed by atoms with Crippen molar-refractivity contribution in [3.05, 3.63) is 34.9 Å². The summed E-state index contributed by atoms with van der Waals surface area (Å²) in [6, 6.07) is 6.24. The van der Waals surface area contributed by atoms with Crippen LogP contribution in [0.15, 0.2) is 29.2 Å². The van der Waals surface area contributed by atoms with Crippen molar-refractivity contribution < 1.29 is 0 Å². The molecule has 0 radical (unpaired) electrons. The average Bonchev–Trinajstić information content (AvgIpc) is 3.00. The minimum Gasteiger partial charge on any atom is -0.314 e. The lowest BCUT2D eigenvalue weighted by Gasteiger charge is -2.08. The van der Waals surface area contributed by atoms with Gasteiger partial charge in [-0.2, -0.15) is 0 Å². The molecular formula is C13H18N4O. The Hall–Kier alpha value is -1.62. The zero-order chi connectivity index (χ0) is 12.4. The first-order valence-electron chi connectivity index (χ1n) is 6.62. The van der Waals surface area contributed by atoms with E-state index < -0.39 is 0 Å². The molecular weight excluding hydrogens is 228 g/mol. The molecule has 1 fully saturated rings. The summed E-state index contributed by atoms with van der Waals surface area (Å²) in [5, 5.41) is 7.79. The van der Waals surface area contributed by atoms with E-state index in [9.17, 15) is 4.79 Å². The quantitative estimate of drug-likeness (QED) is 0.876. The van der Waals surface area contributed by atoms with Crippen molar-refractivity contribution in [2.24, 2.45) is 0 Å². The van der Waals surface area contributed by atoms with Gasteiger partial charge in [0.2, 0.25) is 0 Å². The summed E-state index contributed by atoms with van der Waals surface area (Å²) in [6.45, 7) is 1.84. The summed E-state index contributed by atoms with van der Waals surface area (Å²) in [6.07, 6.45) is 6.43. The van der Waals surface area contributed by atoms with Crippen LogP contribution in [-0.2, 0) is 6.54 Å². The summed E-state index contributed by atoms with van der Waals surface area (Å²) < 4.78 is 3.16. The summed E-state index contributed by atoms with van der Waals surface area (Å²) in [7, 11) is 0. The Bertz CT molecular complexity index is 580. The van der Waals surface area contributed by atoms with Gasteiger partial charge in [0.1, 0.15) is 0 Å². The molecule has 96 valence electrons. The normalized spacial score (nSPS) is 19.7. The van der Waals surface area contributed by atoms with Gasteiger partial charge in [-0.15, -0.1) is 5.10 Å². The van der Waals surface area contributed by atoms with E-state index >= 15 is 0 Å². The van der Waals surface area contributed by atoms with E-state index in [1.807, 2.05) is 18.2 Å². The first kappa shape index (κ1) is 11.5. The van der Waals surface area contributed by atoms with Crippen molar-refractivity contribution in [1.82, 2.24) is 19.5 Å². The molecule has 1 aliphatic rings. The number of hydrogen-bond acceptors (Lipinski definition) is 3. The van der Waals surface area contributed by atoms with Crippen LogP contribution in [-0.4, -0.2) is 26.8 Å². The number of hydrogen-bond donors (Lipinski definition) is 1. The number of aromatic nitrogens is 3. The largest absolute Gasteiger partial charge is 0.350 e.